The summed E-state index contributed by atoms with van der Waals surface area (Å²) in [5.41, 5.74) is 14.8. The van der Waals surface area contributed by atoms with Crippen molar-refractivity contribution in [2.24, 2.45) is 5.92 Å². The number of fused-ring (bicyclic) bond motifs is 8. The molecule has 7 heterocycles. The molecule has 1 N–H and O–H groups in total. The average Bonchev–Trinajstić information content (AvgIpc) is 1.58. The summed E-state index contributed by atoms with van der Waals surface area (Å²) >= 11 is 3.51. The smallest absolute Gasteiger partial charge is 0.326 e. The average molecular weight is 1370 g/mol. The summed E-state index contributed by atoms with van der Waals surface area (Å²) in [6.07, 6.45) is 8.07. The van der Waals surface area contributed by atoms with Gasteiger partial charge in [-0.25, -0.2) is 19.7 Å². The van der Waals surface area contributed by atoms with Gasteiger partial charge in [0, 0.05) is 35.1 Å². The monoisotopic (exact) mass is 1370 g/mol. The molecule has 16 rings (SSSR count). The van der Waals surface area contributed by atoms with Crippen molar-refractivity contribution >= 4 is 86.6 Å². The lowest BCUT2D eigenvalue weighted by atomic mass is 9.90. The second-order valence-corrected chi connectivity index (χ2v) is 29.8. The fourth-order valence-electron chi connectivity index (χ4n) is 12.5. The topological polar surface area (TPSA) is 121 Å². The van der Waals surface area contributed by atoms with Crippen molar-refractivity contribution in [2.45, 2.75) is 171 Å². The molecule has 8 aromatic carbocycles. The number of hydrogen-bond acceptors (Lipinski definition) is 10. The number of imidazole rings is 1. The number of aromatic nitrogens is 7. The Labute approximate surface area is 601 Å². The molecule has 2 aliphatic rings. The van der Waals surface area contributed by atoms with Crippen molar-refractivity contribution in [3.63, 3.8) is 0 Å². The molecule has 0 saturated heterocycles. The first kappa shape index (κ1) is 74.9. The number of aromatic amines is 1. The van der Waals surface area contributed by atoms with Crippen LogP contribution in [0.2, 0.25) is 0 Å². The first-order chi connectivity index (χ1) is 48.2. The molecule has 10 nitrogen and oxygen atoms in total. The van der Waals surface area contributed by atoms with E-state index >= 15 is 0 Å². The fourth-order valence-corrected chi connectivity index (χ4v) is 14.4. The third kappa shape index (κ3) is 19.5. The van der Waals surface area contributed by atoms with Gasteiger partial charge >= 0.3 is 5.69 Å². The minimum absolute atomic E-state index is 0.0313. The zero-order chi connectivity index (χ0) is 71.4. The number of H-pyrrole nitrogens is 1. The van der Waals surface area contributed by atoms with E-state index in [-0.39, 0.29) is 11.7 Å². The van der Waals surface area contributed by atoms with Crippen LogP contribution >= 0.6 is 22.7 Å². The minimum Gasteiger partial charge on any atom is -0.454 e. The van der Waals surface area contributed by atoms with Crippen LogP contribution in [0.3, 0.4) is 0 Å². The van der Waals surface area contributed by atoms with Crippen molar-refractivity contribution < 1.29 is 9.47 Å². The Morgan fingerprint density at radius 3 is 1.79 bits per heavy atom. The van der Waals surface area contributed by atoms with Crippen LogP contribution in [0.1, 0.15) is 209 Å². The summed E-state index contributed by atoms with van der Waals surface area (Å²) in [5, 5.41) is 9.86. The molecular weight excluding hydrogens is 1270 g/mol. The number of nitrogens with zero attached hydrogens (tertiary/aromatic N) is 6. The summed E-state index contributed by atoms with van der Waals surface area (Å²) in [6, 6.07) is 69.2. The molecule has 0 bridgehead atoms. The maximum atomic E-state index is 11.5. The highest BCUT2D eigenvalue weighted by atomic mass is 32.1. The molecule has 0 saturated carbocycles. The minimum atomic E-state index is -0.0313. The Morgan fingerprint density at radius 2 is 1.10 bits per heavy atom. The second-order valence-electron chi connectivity index (χ2n) is 27.9. The van der Waals surface area contributed by atoms with Gasteiger partial charge in [-0.05, 0) is 178 Å². The highest BCUT2D eigenvalue weighted by Crippen LogP contribution is 2.38. The van der Waals surface area contributed by atoms with Crippen LogP contribution in [-0.4, -0.2) is 41.3 Å². The van der Waals surface area contributed by atoms with E-state index in [1.807, 2.05) is 80.8 Å². The zero-order valence-electron chi connectivity index (χ0n) is 61.4. The zero-order valence-corrected chi connectivity index (χ0v) is 63.0. The number of para-hydroxylation sites is 4. The lowest BCUT2D eigenvalue weighted by Crippen LogP contribution is -2.18. The van der Waals surface area contributed by atoms with Crippen molar-refractivity contribution in [1.29, 1.82) is 0 Å². The number of benzene rings is 8. The largest absolute Gasteiger partial charge is 0.454 e. The van der Waals surface area contributed by atoms with Crippen LogP contribution in [0.15, 0.2) is 229 Å². The maximum absolute atomic E-state index is 11.5. The SMILES string of the molecule is CC(C)C1CCc2ccccc21.CC(C)c1ccc2c(c1)OCO2.CC(C)c1cccc2ccccc12.CC(C)c1ccnc2ccccc12.CC(C)c1nc2ccccc2s1.CC(C)c1nccc2ccccc12.CC(C)c1ncnc2ccsc12.CC(C)n1c(=O)[nH]c2ccccc21. The third-order valence-electron chi connectivity index (χ3n) is 17.8. The van der Waals surface area contributed by atoms with E-state index < -0.39 is 0 Å². The van der Waals surface area contributed by atoms with Crippen molar-refractivity contribution in [3.05, 3.63) is 279 Å². The van der Waals surface area contributed by atoms with Crippen molar-refractivity contribution in [2.75, 3.05) is 6.79 Å². The molecule has 518 valence electrons. The van der Waals surface area contributed by atoms with Crippen LogP contribution in [0.4, 0.5) is 0 Å². The van der Waals surface area contributed by atoms with Gasteiger partial charge in [0.05, 0.1) is 53.4 Å². The predicted octanol–water partition coefficient (Wildman–Crippen LogP) is 24.7. The van der Waals surface area contributed by atoms with Crippen LogP contribution < -0.4 is 15.2 Å². The highest BCUT2D eigenvalue weighted by Gasteiger charge is 2.24. The summed E-state index contributed by atoms with van der Waals surface area (Å²) < 4.78 is 14.8. The Balaban J connectivity index is 0.000000133. The van der Waals surface area contributed by atoms with Crippen molar-refractivity contribution in [1.82, 2.24) is 34.5 Å². The number of aryl methyl sites for hydroxylation is 1. The highest BCUT2D eigenvalue weighted by molar-refractivity contribution is 7.18. The molecule has 0 amide bonds. The summed E-state index contributed by atoms with van der Waals surface area (Å²) in [6.45, 7) is 35.3. The number of pyridine rings is 2. The molecule has 1 aliphatic carbocycles. The Bertz CT molecular complexity index is 4690. The first-order valence-electron chi connectivity index (χ1n) is 35.5. The Kier molecular flexibility index (Phi) is 27.0. The van der Waals surface area contributed by atoms with Gasteiger partial charge in [0.1, 0.15) is 6.33 Å². The lowest BCUT2D eigenvalue weighted by molar-refractivity contribution is 0.174. The number of ether oxygens (including phenoxy) is 2. The quantitative estimate of drug-likeness (QED) is 0.160. The Morgan fingerprint density at radius 1 is 0.490 bits per heavy atom. The summed E-state index contributed by atoms with van der Waals surface area (Å²) in [7, 11) is 0. The molecule has 1 aliphatic heterocycles. The van der Waals surface area contributed by atoms with Gasteiger partial charge in [-0.15, -0.1) is 22.7 Å². The summed E-state index contributed by atoms with van der Waals surface area (Å²) in [5.74, 6) is 6.58. The molecule has 12 heteroatoms. The van der Waals surface area contributed by atoms with Gasteiger partial charge in [0.2, 0.25) is 6.79 Å². The lowest BCUT2D eigenvalue weighted by Gasteiger charge is -2.14. The van der Waals surface area contributed by atoms with Crippen LogP contribution in [0.25, 0.3) is 63.9 Å². The third-order valence-corrected chi connectivity index (χ3v) is 20.1. The van der Waals surface area contributed by atoms with Crippen LogP contribution in [0.5, 0.6) is 11.5 Å². The van der Waals surface area contributed by atoms with E-state index in [0.717, 1.165) is 56.6 Å². The Hall–Kier alpha value is -9.36. The molecular formula is C88H101N7O3S2. The number of thiophene rings is 1. The molecule has 6 aromatic heterocycles. The summed E-state index contributed by atoms with van der Waals surface area (Å²) in [4.78, 5) is 36.0. The molecule has 0 radical (unpaired) electrons. The van der Waals surface area contributed by atoms with E-state index in [4.69, 9.17) is 9.47 Å². The molecule has 100 heavy (non-hydrogen) atoms. The number of thiazole rings is 1. The predicted molar refractivity (Wildman–Crippen MR) is 427 cm³/mol. The van der Waals surface area contributed by atoms with Gasteiger partial charge in [0.15, 0.2) is 11.5 Å². The molecule has 1 unspecified atom stereocenters. The van der Waals surface area contributed by atoms with Gasteiger partial charge in [-0.2, -0.15) is 0 Å². The first-order valence-corrected chi connectivity index (χ1v) is 37.2. The number of rotatable bonds is 8. The number of nitrogens with one attached hydrogen (secondary N) is 1. The molecule has 0 fully saturated rings. The van der Waals surface area contributed by atoms with E-state index in [0.29, 0.717) is 42.3 Å². The maximum Gasteiger partial charge on any atom is 0.326 e. The van der Waals surface area contributed by atoms with Crippen LogP contribution in [-0.2, 0) is 6.42 Å². The normalized spacial score (nSPS) is 12.7. The standard InChI is InChI=1S/C13H14.2C12H13N.C12H16.C10H12N2O.C10H11NS.C10H12O2.C9H10N2S/c1-10(2)12-9-5-7-11-6-3-4-8-13(11)12;1-9(2)10-7-8-13-12-6-4-3-5-11(10)12;1-9(2)12-11-6-4-3-5-10(11)7-8-13-12;1-9(2)11-8-7-10-5-3-4-6-12(10)11;1-7(2)12-9-6-4-3-5-8(9)11-10(12)13;1-7(2)10-11-8-5-3-4-6-9(8)12-10;1-7(2)8-3-4-9-10(5-8)12-6-11-9;1-6(2)8-9-7(3-4-12-9)10-5-11-8/h3-10H,1-2H3;2*3-9H,1-2H3;3-6,9,11H,7-8H2,1-2H3;3-7H,1-2H3,(H,11,13);3-7H,1-2H3;3-5,7H,6H2,1-2H3;3-6H,1-2H3. The van der Waals surface area contributed by atoms with E-state index in [1.54, 1.807) is 44.7 Å². The van der Waals surface area contributed by atoms with Gasteiger partial charge in [-0.1, -0.05) is 236 Å². The van der Waals surface area contributed by atoms with Gasteiger partial charge in [0.25, 0.3) is 0 Å². The van der Waals surface area contributed by atoms with E-state index in [9.17, 15) is 4.79 Å². The molecule has 1 atom stereocenters. The second kappa shape index (κ2) is 36.1. The fraction of sp³-hybridized carbons (Fsp3) is 0.318. The molecule has 0 spiro atoms. The van der Waals surface area contributed by atoms with Crippen molar-refractivity contribution in [3.8, 4) is 11.5 Å². The van der Waals surface area contributed by atoms with E-state index in [2.05, 4.69) is 278 Å². The van der Waals surface area contributed by atoms with Crippen LogP contribution in [0, 0.1) is 5.92 Å². The molecule has 14 aromatic rings. The van der Waals surface area contributed by atoms with E-state index in [1.165, 1.54) is 76.6 Å². The van der Waals surface area contributed by atoms with Gasteiger partial charge in [-0.3, -0.25) is 14.5 Å². The number of hydrogen-bond donors (Lipinski definition) is 1. The van der Waals surface area contributed by atoms with Gasteiger partial charge < -0.3 is 14.5 Å².